The Morgan fingerprint density at radius 3 is 2.39 bits per heavy atom. The molecule has 6 nitrogen and oxygen atoms in total. The van der Waals surface area contributed by atoms with Crippen LogP contribution in [-0.2, 0) is 25.7 Å². The van der Waals surface area contributed by atoms with Crippen LogP contribution in [0.5, 0.6) is 0 Å². The summed E-state index contributed by atoms with van der Waals surface area (Å²) in [5.41, 5.74) is 1.04. The Kier molecular flexibility index (Phi) is 7.53. The minimum absolute atomic E-state index is 0.0685. The number of likely N-dealkylation sites (tertiary alicyclic amines) is 1. The van der Waals surface area contributed by atoms with Gasteiger partial charge >= 0.3 is 12.1 Å². The molecule has 1 fully saturated rings. The van der Waals surface area contributed by atoms with Crippen LogP contribution in [0, 0.1) is 5.92 Å². The van der Waals surface area contributed by atoms with Crippen LogP contribution in [0.3, 0.4) is 0 Å². The highest BCUT2D eigenvalue weighted by molar-refractivity contribution is 6.00. The Hall–Kier alpha value is -3.93. The van der Waals surface area contributed by atoms with E-state index in [1.54, 1.807) is 20.8 Å². The Morgan fingerprint density at radius 2 is 1.67 bits per heavy atom. The van der Waals surface area contributed by atoms with Crippen molar-refractivity contribution in [3.8, 4) is 0 Å². The van der Waals surface area contributed by atoms with E-state index in [4.69, 9.17) is 9.47 Å². The second kappa shape index (κ2) is 10.8. The number of fused-ring (bicyclic) bond motifs is 1. The van der Waals surface area contributed by atoms with E-state index in [0.29, 0.717) is 6.42 Å². The maximum Gasteiger partial charge on any atom is 0.417 e. The average molecular weight is 486 g/mol. The van der Waals surface area contributed by atoms with Crippen molar-refractivity contribution in [1.82, 2.24) is 4.90 Å². The zero-order valence-electron chi connectivity index (χ0n) is 20.8. The normalized spacial score (nSPS) is 18.1. The van der Waals surface area contributed by atoms with Gasteiger partial charge in [-0.25, -0.2) is 14.5 Å². The van der Waals surface area contributed by atoms with Gasteiger partial charge in [0.2, 0.25) is 5.91 Å². The third-order valence-corrected chi connectivity index (χ3v) is 6.00. The van der Waals surface area contributed by atoms with Crippen molar-refractivity contribution >= 4 is 34.8 Å². The first kappa shape index (κ1) is 25.2. The van der Waals surface area contributed by atoms with Crippen molar-refractivity contribution in [3.63, 3.8) is 0 Å². The Balaban J connectivity index is 1.47. The summed E-state index contributed by atoms with van der Waals surface area (Å²) in [5, 5.41) is 2.29. The molecule has 36 heavy (non-hydrogen) atoms. The van der Waals surface area contributed by atoms with Crippen LogP contribution in [0.15, 0.2) is 78.9 Å². The minimum atomic E-state index is -1.02. The molecule has 186 valence electrons. The molecule has 0 radical (unpaired) electrons. The second-order valence-corrected chi connectivity index (χ2v) is 9.97. The number of nitrogens with zero attached hydrogens (tertiary/aromatic N) is 1. The molecule has 3 aromatic rings. The van der Waals surface area contributed by atoms with E-state index in [0.717, 1.165) is 26.8 Å². The number of carbonyl (C=O) groups is 3. The molecule has 1 aliphatic heterocycles. The lowest BCUT2D eigenvalue weighted by Gasteiger charge is -2.26. The van der Waals surface area contributed by atoms with Crippen LogP contribution in [-0.4, -0.2) is 34.5 Å². The fourth-order valence-electron chi connectivity index (χ4n) is 4.26. The van der Waals surface area contributed by atoms with Crippen molar-refractivity contribution in [3.05, 3.63) is 90.0 Å². The zero-order chi connectivity index (χ0) is 25.7. The molecule has 2 atom stereocenters. The second-order valence-electron chi connectivity index (χ2n) is 9.97. The summed E-state index contributed by atoms with van der Waals surface area (Å²) in [6.07, 6.45) is 3.63. The number of hydrogen-bond acceptors (Lipinski definition) is 5. The first-order chi connectivity index (χ1) is 17.2. The largest absolute Gasteiger partial charge is 0.459 e. The molecule has 1 heterocycles. The zero-order valence-corrected chi connectivity index (χ0v) is 20.8. The Morgan fingerprint density at radius 1 is 0.972 bits per heavy atom. The van der Waals surface area contributed by atoms with E-state index in [-0.39, 0.29) is 13.0 Å². The predicted octanol–water partition coefficient (Wildman–Crippen LogP) is 6.14. The van der Waals surface area contributed by atoms with E-state index < -0.39 is 35.5 Å². The lowest BCUT2D eigenvalue weighted by atomic mass is 10.00. The molecule has 2 amide bonds. The fourth-order valence-corrected chi connectivity index (χ4v) is 4.26. The van der Waals surface area contributed by atoms with Crippen molar-refractivity contribution in [2.45, 2.75) is 51.9 Å². The van der Waals surface area contributed by atoms with Crippen LogP contribution >= 0.6 is 0 Å². The van der Waals surface area contributed by atoms with E-state index in [1.807, 2.05) is 60.7 Å². The molecule has 0 aromatic heterocycles. The predicted molar refractivity (Wildman–Crippen MR) is 139 cm³/mol. The van der Waals surface area contributed by atoms with Gasteiger partial charge in [-0.3, -0.25) is 4.79 Å². The minimum Gasteiger partial charge on any atom is -0.459 e. The number of amides is 2. The number of imide groups is 1. The molecule has 4 rings (SSSR count). The fraction of sp³-hybridized carbons (Fsp3) is 0.300. The third kappa shape index (κ3) is 6.19. The van der Waals surface area contributed by atoms with E-state index in [9.17, 15) is 14.4 Å². The Bertz CT molecular complexity index is 1280. The maximum atomic E-state index is 13.2. The van der Waals surface area contributed by atoms with Gasteiger partial charge in [0.1, 0.15) is 18.2 Å². The maximum absolute atomic E-state index is 13.2. The molecular weight excluding hydrogens is 454 g/mol. The van der Waals surface area contributed by atoms with Crippen molar-refractivity contribution in [2.75, 3.05) is 0 Å². The molecule has 0 spiro atoms. The summed E-state index contributed by atoms with van der Waals surface area (Å²) in [5.74, 6) is -1.56. The van der Waals surface area contributed by atoms with Gasteiger partial charge in [-0.2, -0.15) is 0 Å². The van der Waals surface area contributed by atoms with Crippen LogP contribution in [0.1, 0.15) is 44.7 Å². The number of esters is 1. The summed E-state index contributed by atoms with van der Waals surface area (Å²) in [7, 11) is 0. The van der Waals surface area contributed by atoms with Crippen LogP contribution < -0.4 is 0 Å². The van der Waals surface area contributed by atoms with Gasteiger partial charge < -0.3 is 9.47 Å². The van der Waals surface area contributed by atoms with Gasteiger partial charge in [0, 0.05) is 5.92 Å². The highest BCUT2D eigenvalue weighted by Crippen LogP contribution is 2.31. The molecule has 1 saturated heterocycles. The van der Waals surface area contributed by atoms with Gasteiger partial charge in [0.25, 0.3) is 0 Å². The summed E-state index contributed by atoms with van der Waals surface area (Å²) < 4.78 is 10.9. The van der Waals surface area contributed by atoms with Crippen LogP contribution in [0.25, 0.3) is 16.8 Å². The highest BCUT2D eigenvalue weighted by Gasteiger charge is 2.48. The van der Waals surface area contributed by atoms with Gasteiger partial charge in [-0.05, 0) is 61.6 Å². The topological polar surface area (TPSA) is 72.9 Å². The third-order valence-electron chi connectivity index (χ3n) is 6.00. The molecule has 0 aliphatic carbocycles. The summed E-state index contributed by atoms with van der Waals surface area (Å²) in [4.78, 5) is 40.0. The first-order valence-electron chi connectivity index (χ1n) is 12.1. The number of allylic oxidation sites excluding steroid dienone is 1. The average Bonchev–Trinajstić information content (AvgIpc) is 3.18. The quantitative estimate of drug-likeness (QED) is 0.392. The summed E-state index contributed by atoms with van der Waals surface area (Å²) >= 11 is 0. The number of carbonyl (C=O) groups excluding carboxylic acids is 3. The highest BCUT2D eigenvalue weighted by atomic mass is 16.6. The lowest BCUT2D eigenvalue weighted by molar-refractivity contribution is -0.152. The van der Waals surface area contributed by atoms with E-state index in [1.165, 1.54) is 0 Å². The van der Waals surface area contributed by atoms with Gasteiger partial charge in [-0.1, -0.05) is 78.9 Å². The lowest BCUT2D eigenvalue weighted by Crippen LogP contribution is -2.46. The van der Waals surface area contributed by atoms with Crippen LogP contribution in [0.2, 0.25) is 0 Å². The van der Waals surface area contributed by atoms with Gasteiger partial charge in [-0.15, -0.1) is 0 Å². The SMILES string of the molecule is CC(C)(C)OC(=O)N1C(=O)[C@H](C/C=C/c2ccc3ccccc3c2)C[C@H]1C(=O)OCc1ccccc1. The van der Waals surface area contributed by atoms with Crippen molar-refractivity contribution in [1.29, 1.82) is 0 Å². The summed E-state index contributed by atoms with van der Waals surface area (Å²) in [6.45, 7) is 5.23. The van der Waals surface area contributed by atoms with Gasteiger partial charge in [0.15, 0.2) is 0 Å². The van der Waals surface area contributed by atoms with E-state index in [2.05, 4.69) is 24.3 Å². The molecule has 0 unspecified atom stereocenters. The number of ether oxygens (including phenoxy) is 2. The standard InChI is InChI=1S/C30H31NO5/c1-30(2,3)36-29(34)31-26(28(33)35-20-22-10-5-4-6-11-22)19-25(27(31)32)15-9-12-21-16-17-23-13-7-8-14-24(23)18-21/h4-14,16-18,25-26H,15,19-20H2,1-3H3/b12-9+/t25-,26+/m1/s1. The van der Waals surface area contributed by atoms with Crippen molar-refractivity contribution < 1.29 is 23.9 Å². The first-order valence-corrected chi connectivity index (χ1v) is 12.1. The number of hydrogen-bond donors (Lipinski definition) is 0. The molecule has 0 N–H and O–H groups in total. The molecular formula is C30H31NO5. The number of benzene rings is 3. The smallest absolute Gasteiger partial charge is 0.417 e. The molecule has 0 bridgehead atoms. The van der Waals surface area contributed by atoms with Gasteiger partial charge in [0.05, 0.1) is 0 Å². The van der Waals surface area contributed by atoms with Crippen LogP contribution in [0.4, 0.5) is 4.79 Å². The summed E-state index contributed by atoms with van der Waals surface area (Å²) in [6, 6.07) is 22.5. The Labute approximate surface area is 211 Å². The monoisotopic (exact) mass is 485 g/mol. The molecule has 6 heteroatoms. The van der Waals surface area contributed by atoms with E-state index >= 15 is 0 Å². The number of rotatable bonds is 6. The molecule has 1 aliphatic rings. The molecule has 0 saturated carbocycles. The van der Waals surface area contributed by atoms with Crippen molar-refractivity contribution in [2.24, 2.45) is 5.92 Å². The molecule has 3 aromatic carbocycles.